The number of methoxy groups -OCH3 is 1. The lowest BCUT2D eigenvalue weighted by Crippen LogP contribution is -1.91. The molecule has 0 saturated heterocycles. The SMILES string of the molecule is COc1cc(OC=O)ccc1C. The number of carbonyl (C=O) groups excluding carboxylic acids is 1. The number of aryl methyl sites for hydroxylation is 1. The lowest BCUT2D eigenvalue weighted by atomic mass is 10.2. The monoisotopic (exact) mass is 166 g/mol. The minimum Gasteiger partial charge on any atom is -0.496 e. The Labute approximate surface area is 70.9 Å². The number of hydrogen-bond donors (Lipinski definition) is 0. The van der Waals surface area contributed by atoms with Crippen LogP contribution in [0.2, 0.25) is 0 Å². The van der Waals surface area contributed by atoms with Gasteiger partial charge in [-0.2, -0.15) is 0 Å². The molecule has 0 aliphatic rings. The Morgan fingerprint density at radius 2 is 2.17 bits per heavy atom. The molecule has 0 fully saturated rings. The third-order valence-electron chi connectivity index (χ3n) is 1.56. The van der Waals surface area contributed by atoms with E-state index >= 15 is 0 Å². The van der Waals surface area contributed by atoms with Crippen LogP contribution >= 0.6 is 0 Å². The molecule has 3 nitrogen and oxygen atoms in total. The number of rotatable bonds is 3. The second kappa shape index (κ2) is 3.76. The maximum absolute atomic E-state index is 10.00. The van der Waals surface area contributed by atoms with Crippen molar-refractivity contribution < 1.29 is 14.3 Å². The summed E-state index contributed by atoms with van der Waals surface area (Å²) in [6, 6.07) is 5.22. The van der Waals surface area contributed by atoms with Crippen LogP contribution in [-0.2, 0) is 4.79 Å². The predicted molar refractivity (Wildman–Crippen MR) is 44.4 cm³/mol. The van der Waals surface area contributed by atoms with Gasteiger partial charge in [-0.25, -0.2) is 0 Å². The lowest BCUT2D eigenvalue weighted by molar-refractivity contribution is -0.120. The van der Waals surface area contributed by atoms with E-state index in [-0.39, 0.29) is 0 Å². The summed E-state index contributed by atoms with van der Waals surface area (Å²) < 4.78 is 9.68. The van der Waals surface area contributed by atoms with Crippen LogP contribution in [0.5, 0.6) is 11.5 Å². The molecule has 1 rings (SSSR count). The molecule has 0 amide bonds. The fourth-order valence-electron chi connectivity index (χ4n) is 0.929. The van der Waals surface area contributed by atoms with Gasteiger partial charge < -0.3 is 9.47 Å². The van der Waals surface area contributed by atoms with Gasteiger partial charge in [-0.1, -0.05) is 6.07 Å². The van der Waals surface area contributed by atoms with E-state index in [1.54, 1.807) is 19.2 Å². The highest BCUT2D eigenvalue weighted by Gasteiger charge is 1.99. The Balaban J connectivity index is 2.96. The molecule has 0 aromatic heterocycles. The molecule has 1 aromatic carbocycles. The molecule has 3 heteroatoms. The quantitative estimate of drug-likeness (QED) is 0.639. The van der Waals surface area contributed by atoms with E-state index in [1.807, 2.05) is 13.0 Å². The van der Waals surface area contributed by atoms with E-state index in [0.717, 1.165) is 5.56 Å². The zero-order chi connectivity index (χ0) is 8.97. The molecule has 12 heavy (non-hydrogen) atoms. The normalized spacial score (nSPS) is 9.17. The minimum absolute atomic E-state index is 0.393. The Morgan fingerprint density at radius 3 is 2.75 bits per heavy atom. The van der Waals surface area contributed by atoms with Crippen LogP contribution in [0.3, 0.4) is 0 Å². The Hall–Kier alpha value is -1.51. The summed E-state index contributed by atoms with van der Waals surface area (Å²) in [7, 11) is 1.58. The lowest BCUT2D eigenvalue weighted by Gasteiger charge is -2.05. The average molecular weight is 166 g/mol. The van der Waals surface area contributed by atoms with Gasteiger partial charge in [0.15, 0.2) is 0 Å². The van der Waals surface area contributed by atoms with Crippen molar-refractivity contribution in [3.8, 4) is 11.5 Å². The van der Waals surface area contributed by atoms with Gasteiger partial charge in [-0.05, 0) is 18.6 Å². The van der Waals surface area contributed by atoms with E-state index in [2.05, 4.69) is 4.74 Å². The first-order valence-corrected chi connectivity index (χ1v) is 3.53. The molecule has 0 unspecified atom stereocenters. The molecular formula is C9H10O3. The third-order valence-corrected chi connectivity index (χ3v) is 1.56. The molecular weight excluding hydrogens is 156 g/mol. The Morgan fingerprint density at radius 1 is 1.42 bits per heavy atom. The van der Waals surface area contributed by atoms with Crippen LogP contribution in [0.4, 0.5) is 0 Å². The molecule has 0 spiro atoms. The summed E-state index contributed by atoms with van der Waals surface area (Å²) in [5.74, 6) is 1.21. The van der Waals surface area contributed by atoms with Crippen molar-refractivity contribution in [3.63, 3.8) is 0 Å². The number of ether oxygens (including phenoxy) is 2. The summed E-state index contributed by atoms with van der Waals surface area (Å²) in [5, 5.41) is 0. The standard InChI is InChI=1S/C9H10O3/c1-7-3-4-8(12-6-10)5-9(7)11-2/h3-6H,1-2H3. The summed E-state index contributed by atoms with van der Waals surface area (Å²) in [4.78, 5) is 10.00. The molecule has 0 aliphatic heterocycles. The number of carbonyl (C=O) groups is 1. The second-order valence-electron chi connectivity index (χ2n) is 2.35. The van der Waals surface area contributed by atoms with Crippen molar-refractivity contribution in [1.82, 2.24) is 0 Å². The molecule has 0 radical (unpaired) electrons. The van der Waals surface area contributed by atoms with Gasteiger partial charge in [0.1, 0.15) is 11.5 Å². The van der Waals surface area contributed by atoms with Crippen molar-refractivity contribution >= 4 is 6.47 Å². The van der Waals surface area contributed by atoms with Gasteiger partial charge in [-0.3, -0.25) is 4.79 Å². The van der Waals surface area contributed by atoms with Crippen LogP contribution in [0.1, 0.15) is 5.56 Å². The third kappa shape index (κ3) is 1.75. The van der Waals surface area contributed by atoms with Gasteiger partial charge in [0, 0.05) is 6.07 Å². The first-order chi connectivity index (χ1) is 5.77. The Bertz CT molecular complexity index is 281. The molecule has 0 N–H and O–H groups in total. The predicted octanol–water partition coefficient (Wildman–Crippen LogP) is 1.54. The zero-order valence-electron chi connectivity index (χ0n) is 7.03. The smallest absolute Gasteiger partial charge is 0.298 e. The fraction of sp³-hybridized carbons (Fsp3) is 0.222. The van der Waals surface area contributed by atoms with Gasteiger partial charge in [0.2, 0.25) is 0 Å². The highest BCUT2D eigenvalue weighted by atomic mass is 16.5. The summed E-state index contributed by atoms with van der Waals surface area (Å²) in [6.07, 6.45) is 0. The van der Waals surface area contributed by atoms with Crippen molar-refractivity contribution in [2.24, 2.45) is 0 Å². The summed E-state index contributed by atoms with van der Waals surface area (Å²) in [6.45, 7) is 2.31. The largest absolute Gasteiger partial charge is 0.496 e. The summed E-state index contributed by atoms with van der Waals surface area (Å²) in [5.41, 5.74) is 1.01. The number of hydrogen-bond acceptors (Lipinski definition) is 3. The van der Waals surface area contributed by atoms with Crippen molar-refractivity contribution in [2.45, 2.75) is 6.92 Å². The van der Waals surface area contributed by atoms with Crippen LogP contribution in [0.25, 0.3) is 0 Å². The van der Waals surface area contributed by atoms with Crippen LogP contribution in [0.15, 0.2) is 18.2 Å². The van der Waals surface area contributed by atoms with Crippen LogP contribution in [0, 0.1) is 6.92 Å². The van der Waals surface area contributed by atoms with E-state index in [0.29, 0.717) is 18.0 Å². The molecule has 64 valence electrons. The van der Waals surface area contributed by atoms with Crippen molar-refractivity contribution in [1.29, 1.82) is 0 Å². The molecule has 0 saturated carbocycles. The summed E-state index contributed by atoms with van der Waals surface area (Å²) >= 11 is 0. The molecule has 0 heterocycles. The van der Waals surface area contributed by atoms with E-state index in [1.165, 1.54) is 0 Å². The molecule has 0 aliphatic carbocycles. The van der Waals surface area contributed by atoms with Crippen LogP contribution < -0.4 is 9.47 Å². The number of benzene rings is 1. The molecule has 0 bridgehead atoms. The topological polar surface area (TPSA) is 35.5 Å². The Kier molecular flexibility index (Phi) is 2.69. The zero-order valence-corrected chi connectivity index (χ0v) is 7.03. The van der Waals surface area contributed by atoms with E-state index in [9.17, 15) is 4.79 Å². The fourth-order valence-corrected chi connectivity index (χ4v) is 0.929. The molecule has 0 atom stereocenters. The highest BCUT2D eigenvalue weighted by Crippen LogP contribution is 2.23. The highest BCUT2D eigenvalue weighted by molar-refractivity contribution is 5.48. The van der Waals surface area contributed by atoms with Gasteiger partial charge in [0.05, 0.1) is 7.11 Å². The minimum atomic E-state index is 0.393. The maximum atomic E-state index is 10.00. The van der Waals surface area contributed by atoms with Gasteiger partial charge in [0.25, 0.3) is 6.47 Å². The van der Waals surface area contributed by atoms with Crippen LogP contribution in [-0.4, -0.2) is 13.6 Å². The van der Waals surface area contributed by atoms with Crippen molar-refractivity contribution in [3.05, 3.63) is 23.8 Å². The van der Waals surface area contributed by atoms with E-state index in [4.69, 9.17) is 4.74 Å². The van der Waals surface area contributed by atoms with Gasteiger partial charge in [-0.15, -0.1) is 0 Å². The first-order valence-electron chi connectivity index (χ1n) is 3.53. The first kappa shape index (κ1) is 8.59. The average Bonchev–Trinajstić information content (AvgIpc) is 2.09. The molecule has 1 aromatic rings. The van der Waals surface area contributed by atoms with Gasteiger partial charge >= 0.3 is 0 Å². The van der Waals surface area contributed by atoms with E-state index < -0.39 is 0 Å². The second-order valence-corrected chi connectivity index (χ2v) is 2.35. The van der Waals surface area contributed by atoms with Crippen molar-refractivity contribution in [2.75, 3.05) is 7.11 Å². The maximum Gasteiger partial charge on any atom is 0.298 e.